The second kappa shape index (κ2) is 7.85. The molecule has 0 bridgehead atoms. The molecule has 1 fully saturated rings. The molecule has 138 valence electrons. The van der Waals surface area contributed by atoms with Gasteiger partial charge in [0.25, 0.3) is 0 Å². The molecule has 1 aliphatic carbocycles. The highest BCUT2D eigenvalue weighted by molar-refractivity contribution is 5.76. The van der Waals surface area contributed by atoms with Gasteiger partial charge in [0.2, 0.25) is 11.6 Å². The minimum Gasteiger partial charge on any atom is -0.497 e. The van der Waals surface area contributed by atoms with Crippen LogP contribution in [0.3, 0.4) is 0 Å². The maximum absolute atomic E-state index is 11.7. The van der Waals surface area contributed by atoms with Crippen LogP contribution in [0.15, 0.2) is 24.5 Å². The van der Waals surface area contributed by atoms with Crippen LogP contribution < -0.4 is 20.1 Å². The van der Waals surface area contributed by atoms with Crippen molar-refractivity contribution in [3.63, 3.8) is 0 Å². The summed E-state index contributed by atoms with van der Waals surface area (Å²) in [5, 5.41) is 17.8. The predicted molar refractivity (Wildman–Crippen MR) is 97.4 cm³/mol. The first-order valence-corrected chi connectivity index (χ1v) is 8.37. The number of nitrogens with one attached hydrogen (secondary N) is 2. The van der Waals surface area contributed by atoms with E-state index in [1.54, 1.807) is 25.3 Å². The summed E-state index contributed by atoms with van der Waals surface area (Å²) in [7, 11) is 3.07. The third-order valence-electron chi connectivity index (χ3n) is 4.36. The molecule has 1 heterocycles. The number of nitrogens with zero attached hydrogens (tertiary/aromatic N) is 3. The molecule has 0 spiro atoms. The van der Waals surface area contributed by atoms with Crippen LogP contribution in [0.5, 0.6) is 11.5 Å². The highest BCUT2D eigenvalue weighted by Crippen LogP contribution is 2.36. The summed E-state index contributed by atoms with van der Waals surface area (Å²) in [6, 6.07) is 5.34. The van der Waals surface area contributed by atoms with E-state index in [9.17, 15) is 10.1 Å². The van der Waals surface area contributed by atoms with Gasteiger partial charge in [-0.05, 0) is 25.0 Å². The Bertz CT molecular complexity index is 793. The third kappa shape index (κ3) is 3.76. The maximum atomic E-state index is 11.7. The van der Waals surface area contributed by atoms with Gasteiger partial charge in [0.1, 0.15) is 17.8 Å². The predicted octanol–water partition coefficient (Wildman–Crippen LogP) is 3.50. The van der Waals surface area contributed by atoms with Crippen LogP contribution >= 0.6 is 0 Å². The largest absolute Gasteiger partial charge is 0.497 e. The Labute approximate surface area is 150 Å². The van der Waals surface area contributed by atoms with E-state index >= 15 is 0 Å². The summed E-state index contributed by atoms with van der Waals surface area (Å²) in [6.07, 6.45) is 5.50. The molecular formula is C17H21N5O4. The van der Waals surface area contributed by atoms with Crippen LogP contribution in [0, 0.1) is 10.1 Å². The molecule has 0 atom stereocenters. The van der Waals surface area contributed by atoms with Gasteiger partial charge >= 0.3 is 5.69 Å². The van der Waals surface area contributed by atoms with E-state index < -0.39 is 4.92 Å². The highest BCUT2D eigenvalue weighted by Gasteiger charge is 2.26. The zero-order chi connectivity index (χ0) is 18.5. The second-order valence-electron chi connectivity index (χ2n) is 5.99. The van der Waals surface area contributed by atoms with Gasteiger partial charge in [-0.25, -0.2) is 9.97 Å². The van der Waals surface area contributed by atoms with Crippen LogP contribution in [0.1, 0.15) is 25.7 Å². The number of hydrogen-bond donors (Lipinski definition) is 2. The number of ether oxygens (including phenoxy) is 2. The van der Waals surface area contributed by atoms with Crippen LogP contribution in [-0.2, 0) is 0 Å². The lowest BCUT2D eigenvalue weighted by Crippen LogP contribution is -2.17. The van der Waals surface area contributed by atoms with E-state index in [1.807, 2.05) is 0 Å². The molecule has 1 aromatic heterocycles. The van der Waals surface area contributed by atoms with Crippen LogP contribution in [0.25, 0.3) is 0 Å². The molecule has 1 aromatic carbocycles. The van der Waals surface area contributed by atoms with Crippen molar-refractivity contribution in [1.29, 1.82) is 0 Å². The molecule has 0 radical (unpaired) electrons. The van der Waals surface area contributed by atoms with Crippen molar-refractivity contribution in [2.75, 3.05) is 24.9 Å². The van der Waals surface area contributed by atoms with Crippen molar-refractivity contribution in [2.24, 2.45) is 0 Å². The lowest BCUT2D eigenvalue weighted by Gasteiger charge is -2.15. The fraction of sp³-hybridized carbons (Fsp3) is 0.412. The molecule has 2 N–H and O–H groups in total. The quantitative estimate of drug-likeness (QED) is 0.571. The van der Waals surface area contributed by atoms with E-state index in [0.29, 0.717) is 17.2 Å². The molecule has 0 aliphatic heterocycles. The standard InChI is InChI=1S/C17H21N5O4/c1-25-12-7-8-13(14(9-12)26-2)21-17-15(22(23)24)16(18-10-19-17)20-11-5-3-4-6-11/h7-11H,3-6H2,1-2H3,(H2,18,19,20,21). The molecular weight excluding hydrogens is 338 g/mol. The SMILES string of the molecule is COc1ccc(Nc2ncnc(NC3CCCC3)c2[N+](=O)[O-])c(OC)c1. The van der Waals surface area contributed by atoms with Gasteiger partial charge in [0.15, 0.2) is 0 Å². The number of hydrogen-bond acceptors (Lipinski definition) is 8. The fourth-order valence-electron chi connectivity index (χ4n) is 3.04. The number of anilines is 3. The Hall–Kier alpha value is -3.10. The first kappa shape index (κ1) is 17.7. The van der Waals surface area contributed by atoms with Crippen molar-refractivity contribution in [1.82, 2.24) is 9.97 Å². The van der Waals surface area contributed by atoms with Crippen molar-refractivity contribution in [2.45, 2.75) is 31.7 Å². The fourth-order valence-corrected chi connectivity index (χ4v) is 3.04. The molecule has 9 heteroatoms. The zero-order valence-electron chi connectivity index (χ0n) is 14.7. The average Bonchev–Trinajstić information content (AvgIpc) is 3.15. The molecule has 2 aromatic rings. The topological polar surface area (TPSA) is 111 Å². The molecule has 1 saturated carbocycles. The molecule has 0 unspecified atom stereocenters. The number of rotatable bonds is 7. The Balaban J connectivity index is 1.93. The molecule has 26 heavy (non-hydrogen) atoms. The summed E-state index contributed by atoms with van der Waals surface area (Å²) in [5.74, 6) is 1.44. The molecule has 3 rings (SSSR count). The third-order valence-corrected chi connectivity index (χ3v) is 4.36. The van der Waals surface area contributed by atoms with E-state index in [1.165, 1.54) is 13.4 Å². The zero-order valence-corrected chi connectivity index (χ0v) is 14.7. The summed E-state index contributed by atoms with van der Waals surface area (Å²) in [5.41, 5.74) is 0.360. The molecule has 1 aliphatic rings. The van der Waals surface area contributed by atoms with Crippen LogP contribution in [0.2, 0.25) is 0 Å². The van der Waals surface area contributed by atoms with Crippen molar-refractivity contribution in [3.8, 4) is 11.5 Å². The lowest BCUT2D eigenvalue weighted by atomic mass is 10.2. The van der Waals surface area contributed by atoms with Crippen LogP contribution in [-0.4, -0.2) is 35.2 Å². The minimum atomic E-state index is -0.477. The van der Waals surface area contributed by atoms with E-state index in [4.69, 9.17) is 9.47 Å². The first-order chi connectivity index (χ1) is 12.6. The van der Waals surface area contributed by atoms with Gasteiger partial charge in [-0.15, -0.1) is 0 Å². The van der Waals surface area contributed by atoms with Gasteiger partial charge < -0.3 is 20.1 Å². The Morgan fingerprint density at radius 2 is 1.88 bits per heavy atom. The van der Waals surface area contributed by atoms with Crippen LogP contribution in [0.4, 0.5) is 23.0 Å². The Morgan fingerprint density at radius 3 is 2.54 bits per heavy atom. The number of nitro groups is 1. The van der Waals surface area contributed by atoms with Gasteiger partial charge in [-0.1, -0.05) is 12.8 Å². The lowest BCUT2D eigenvalue weighted by molar-refractivity contribution is -0.383. The van der Waals surface area contributed by atoms with Crippen molar-refractivity contribution >= 4 is 23.0 Å². The Kier molecular flexibility index (Phi) is 5.35. The van der Waals surface area contributed by atoms with Crippen molar-refractivity contribution < 1.29 is 14.4 Å². The molecule has 0 saturated heterocycles. The number of aromatic nitrogens is 2. The summed E-state index contributed by atoms with van der Waals surface area (Å²) in [4.78, 5) is 19.3. The monoisotopic (exact) mass is 359 g/mol. The van der Waals surface area contributed by atoms with Gasteiger partial charge in [-0.3, -0.25) is 10.1 Å². The highest BCUT2D eigenvalue weighted by atomic mass is 16.6. The normalized spacial score (nSPS) is 14.1. The number of benzene rings is 1. The van der Waals surface area contributed by atoms with Gasteiger partial charge in [-0.2, -0.15) is 0 Å². The maximum Gasteiger partial charge on any atom is 0.353 e. The summed E-state index contributed by atoms with van der Waals surface area (Å²) < 4.78 is 10.5. The summed E-state index contributed by atoms with van der Waals surface area (Å²) in [6.45, 7) is 0. The minimum absolute atomic E-state index is 0.106. The van der Waals surface area contributed by atoms with E-state index in [2.05, 4.69) is 20.6 Å². The molecule has 9 nitrogen and oxygen atoms in total. The van der Waals surface area contributed by atoms with E-state index in [0.717, 1.165) is 25.7 Å². The van der Waals surface area contributed by atoms with Crippen molar-refractivity contribution in [3.05, 3.63) is 34.6 Å². The Morgan fingerprint density at radius 1 is 1.15 bits per heavy atom. The second-order valence-corrected chi connectivity index (χ2v) is 5.99. The van der Waals surface area contributed by atoms with E-state index in [-0.39, 0.29) is 23.4 Å². The smallest absolute Gasteiger partial charge is 0.353 e. The summed E-state index contributed by atoms with van der Waals surface area (Å²) >= 11 is 0. The first-order valence-electron chi connectivity index (χ1n) is 8.37. The van der Waals surface area contributed by atoms with Gasteiger partial charge in [0.05, 0.1) is 24.8 Å². The van der Waals surface area contributed by atoms with Gasteiger partial charge in [0, 0.05) is 12.1 Å². The average molecular weight is 359 g/mol. The molecule has 0 amide bonds. The number of methoxy groups -OCH3 is 2.